The maximum atomic E-state index is 13.0. The Kier molecular flexibility index (Phi) is 4.37. The Morgan fingerprint density at radius 2 is 1.71 bits per heavy atom. The third-order valence-electron chi connectivity index (χ3n) is 4.35. The van der Waals surface area contributed by atoms with Crippen molar-refractivity contribution in [3.05, 3.63) is 30.1 Å². The molecule has 4 amide bonds. The normalized spacial score (nSPS) is 18.6. The molecule has 3 rings (SSSR count). The van der Waals surface area contributed by atoms with E-state index in [-0.39, 0.29) is 30.7 Å². The smallest absolute Gasteiger partial charge is 0.327 e. The second-order valence-electron chi connectivity index (χ2n) is 5.96. The molecule has 0 N–H and O–H groups in total. The first-order valence-corrected chi connectivity index (χ1v) is 7.79. The van der Waals surface area contributed by atoms with Crippen LogP contribution in [0, 0.1) is 5.82 Å². The topological polar surface area (TPSA) is 64.2 Å². The molecule has 0 unspecified atom stereocenters. The fourth-order valence-electron chi connectivity index (χ4n) is 2.93. The second-order valence-corrected chi connectivity index (χ2v) is 5.96. The standard InChI is InChI=1S/C16H19FN4O3/c1-18-10-15(23)21(16(18)24)11-14(22)20-8-6-19(7-9-20)13-4-2-12(17)3-5-13/h2-5H,6-11H2,1H3. The van der Waals surface area contributed by atoms with Crippen molar-refractivity contribution < 1.29 is 18.8 Å². The highest BCUT2D eigenvalue weighted by Gasteiger charge is 2.36. The molecule has 2 aliphatic heterocycles. The van der Waals surface area contributed by atoms with Crippen LogP contribution in [0.4, 0.5) is 14.9 Å². The minimum Gasteiger partial charge on any atom is -0.368 e. The lowest BCUT2D eigenvalue weighted by molar-refractivity contribution is -0.136. The van der Waals surface area contributed by atoms with Crippen LogP contribution in [0.15, 0.2) is 24.3 Å². The fraction of sp³-hybridized carbons (Fsp3) is 0.438. The predicted molar refractivity (Wildman–Crippen MR) is 84.9 cm³/mol. The van der Waals surface area contributed by atoms with Gasteiger partial charge in [0.15, 0.2) is 0 Å². The van der Waals surface area contributed by atoms with Gasteiger partial charge in [-0.1, -0.05) is 0 Å². The summed E-state index contributed by atoms with van der Waals surface area (Å²) in [5.74, 6) is -0.857. The molecule has 0 atom stereocenters. The number of nitrogens with zero attached hydrogens (tertiary/aromatic N) is 4. The molecule has 1 aromatic carbocycles. The lowest BCUT2D eigenvalue weighted by atomic mass is 10.2. The van der Waals surface area contributed by atoms with E-state index in [1.54, 1.807) is 17.0 Å². The van der Waals surface area contributed by atoms with Gasteiger partial charge in [0.25, 0.3) is 5.91 Å². The highest BCUT2D eigenvalue weighted by atomic mass is 19.1. The largest absolute Gasteiger partial charge is 0.368 e. The number of likely N-dealkylation sites (N-methyl/N-ethyl adjacent to an activating group) is 1. The first-order valence-electron chi connectivity index (χ1n) is 7.79. The number of piperazine rings is 1. The van der Waals surface area contributed by atoms with Gasteiger partial charge in [-0.25, -0.2) is 9.18 Å². The zero-order valence-electron chi connectivity index (χ0n) is 13.4. The van der Waals surface area contributed by atoms with E-state index < -0.39 is 6.03 Å². The van der Waals surface area contributed by atoms with Crippen molar-refractivity contribution in [1.82, 2.24) is 14.7 Å². The summed E-state index contributed by atoms with van der Waals surface area (Å²) < 4.78 is 13.0. The van der Waals surface area contributed by atoms with Crippen LogP contribution in [0.1, 0.15) is 0 Å². The molecule has 0 radical (unpaired) electrons. The number of urea groups is 1. The minimum atomic E-state index is -0.432. The number of hydrogen-bond donors (Lipinski definition) is 0. The minimum absolute atomic E-state index is 0.0183. The Hall–Kier alpha value is -2.64. The Morgan fingerprint density at radius 3 is 2.25 bits per heavy atom. The summed E-state index contributed by atoms with van der Waals surface area (Å²) >= 11 is 0. The van der Waals surface area contributed by atoms with Crippen LogP contribution < -0.4 is 4.90 Å². The summed E-state index contributed by atoms with van der Waals surface area (Å²) in [5, 5.41) is 0. The lowest BCUT2D eigenvalue weighted by Gasteiger charge is -2.36. The third-order valence-corrected chi connectivity index (χ3v) is 4.35. The molecule has 2 saturated heterocycles. The van der Waals surface area contributed by atoms with Gasteiger partial charge < -0.3 is 14.7 Å². The predicted octanol–water partition coefficient (Wildman–Crippen LogP) is 0.368. The average Bonchev–Trinajstić information content (AvgIpc) is 2.82. The summed E-state index contributed by atoms with van der Waals surface area (Å²) in [6, 6.07) is 5.81. The van der Waals surface area contributed by atoms with Gasteiger partial charge in [-0.2, -0.15) is 0 Å². The summed E-state index contributed by atoms with van der Waals surface area (Å²) in [4.78, 5) is 41.9. The highest BCUT2D eigenvalue weighted by Crippen LogP contribution is 2.17. The molecule has 2 aliphatic rings. The van der Waals surface area contributed by atoms with Gasteiger partial charge in [-0.3, -0.25) is 14.5 Å². The van der Waals surface area contributed by atoms with Crippen molar-refractivity contribution >= 4 is 23.5 Å². The molecule has 2 heterocycles. The van der Waals surface area contributed by atoms with E-state index in [1.165, 1.54) is 24.1 Å². The van der Waals surface area contributed by atoms with Crippen molar-refractivity contribution in [2.45, 2.75) is 0 Å². The van der Waals surface area contributed by atoms with E-state index in [2.05, 4.69) is 4.90 Å². The van der Waals surface area contributed by atoms with E-state index in [0.29, 0.717) is 26.2 Å². The van der Waals surface area contributed by atoms with Crippen molar-refractivity contribution in [3.8, 4) is 0 Å². The molecule has 0 bridgehead atoms. The molecule has 0 aromatic heterocycles. The SMILES string of the molecule is CN1CC(=O)N(CC(=O)N2CCN(c3ccc(F)cc3)CC2)C1=O. The number of imide groups is 1. The monoisotopic (exact) mass is 334 g/mol. The zero-order valence-corrected chi connectivity index (χ0v) is 13.4. The number of rotatable bonds is 3. The van der Waals surface area contributed by atoms with Gasteiger partial charge in [-0.15, -0.1) is 0 Å². The first-order chi connectivity index (χ1) is 11.5. The first kappa shape index (κ1) is 16.2. The molecule has 1 aromatic rings. The molecule has 0 saturated carbocycles. The van der Waals surface area contributed by atoms with Crippen molar-refractivity contribution in [3.63, 3.8) is 0 Å². The van der Waals surface area contributed by atoms with Crippen LogP contribution in [-0.2, 0) is 9.59 Å². The average molecular weight is 334 g/mol. The fourth-order valence-corrected chi connectivity index (χ4v) is 2.93. The number of amides is 4. The molecule has 8 heteroatoms. The number of carbonyl (C=O) groups excluding carboxylic acids is 3. The van der Waals surface area contributed by atoms with Crippen LogP contribution in [0.3, 0.4) is 0 Å². The number of halogens is 1. The number of benzene rings is 1. The van der Waals surface area contributed by atoms with Crippen LogP contribution in [0.5, 0.6) is 0 Å². The van der Waals surface area contributed by atoms with Gasteiger partial charge >= 0.3 is 6.03 Å². The van der Waals surface area contributed by atoms with Crippen LogP contribution in [0.25, 0.3) is 0 Å². The van der Waals surface area contributed by atoms with Gasteiger partial charge in [0.2, 0.25) is 5.91 Å². The molecule has 128 valence electrons. The molecule has 2 fully saturated rings. The Bertz CT molecular complexity index is 656. The molecule has 24 heavy (non-hydrogen) atoms. The zero-order chi connectivity index (χ0) is 17.3. The van der Waals surface area contributed by atoms with Crippen molar-refractivity contribution in [2.24, 2.45) is 0 Å². The highest BCUT2D eigenvalue weighted by molar-refractivity contribution is 6.04. The van der Waals surface area contributed by atoms with Crippen molar-refractivity contribution in [1.29, 1.82) is 0 Å². The summed E-state index contributed by atoms with van der Waals surface area (Å²) in [6.07, 6.45) is 0. The van der Waals surface area contributed by atoms with Crippen LogP contribution in [-0.4, -0.2) is 78.9 Å². The molecular weight excluding hydrogens is 315 g/mol. The van der Waals surface area contributed by atoms with Crippen molar-refractivity contribution in [2.75, 3.05) is 51.2 Å². The van der Waals surface area contributed by atoms with E-state index in [0.717, 1.165) is 10.6 Å². The summed E-state index contributed by atoms with van der Waals surface area (Å²) in [6.45, 7) is 2.06. The third kappa shape index (κ3) is 3.17. The lowest BCUT2D eigenvalue weighted by Crippen LogP contribution is -2.52. The van der Waals surface area contributed by atoms with E-state index in [4.69, 9.17) is 0 Å². The number of anilines is 1. The van der Waals surface area contributed by atoms with Gasteiger partial charge in [0, 0.05) is 38.9 Å². The Labute approximate surface area is 139 Å². The quantitative estimate of drug-likeness (QED) is 0.749. The summed E-state index contributed by atoms with van der Waals surface area (Å²) in [7, 11) is 1.53. The maximum Gasteiger partial charge on any atom is 0.327 e. The summed E-state index contributed by atoms with van der Waals surface area (Å²) in [5.41, 5.74) is 0.912. The number of hydrogen-bond acceptors (Lipinski definition) is 4. The van der Waals surface area contributed by atoms with E-state index >= 15 is 0 Å². The van der Waals surface area contributed by atoms with E-state index in [9.17, 15) is 18.8 Å². The molecule has 0 spiro atoms. The van der Waals surface area contributed by atoms with Crippen LogP contribution >= 0.6 is 0 Å². The maximum absolute atomic E-state index is 13.0. The van der Waals surface area contributed by atoms with Gasteiger partial charge in [0.1, 0.15) is 18.9 Å². The second kappa shape index (κ2) is 6.46. The van der Waals surface area contributed by atoms with E-state index in [1.807, 2.05) is 0 Å². The Morgan fingerprint density at radius 1 is 1.08 bits per heavy atom. The van der Waals surface area contributed by atoms with Crippen LogP contribution in [0.2, 0.25) is 0 Å². The molecular formula is C16H19FN4O3. The molecule has 7 nitrogen and oxygen atoms in total. The Balaban J connectivity index is 1.54. The van der Waals surface area contributed by atoms with Gasteiger partial charge in [-0.05, 0) is 24.3 Å². The number of carbonyl (C=O) groups is 3. The molecule has 0 aliphatic carbocycles. The van der Waals surface area contributed by atoms with Gasteiger partial charge in [0.05, 0.1) is 0 Å².